The predicted molar refractivity (Wildman–Crippen MR) is 78.6 cm³/mol. The summed E-state index contributed by atoms with van der Waals surface area (Å²) in [6.07, 6.45) is 4.34. The number of piperidine rings is 1. The fraction of sp³-hybridized carbons (Fsp3) is 0.500. The number of primary amides is 1. The SMILES string of the molecule is NCCC1CCCCN1c1cccc(Cl)c1C(N)=O. The third kappa shape index (κ3) is 3.01. The van der Waals surface area contributed by atoms with Crippen molar-refractivity contribution in [2.45, 2.75) is 31.7 Å². The summed E-state index contributed by atoms with van der Waals surface area (Å²) in [5.41, 5.74) is 12.4. The van der Waals surface area contributed by atoms with Crippen molar-refractivity contribution < 1.29 is 4.79 Å². The van der Waals surface area contributed by atoms with Gasteiger partial charge in [-0.05, 0) is 44.4 Å². The Morgan fingerprint density at radius 3 is 2.89 bits per heavy atom. The molecular weight excluding hydrogens is 262 g/mol. The second kappa shape index (κ2) is 6.26. The smallest absolute Gasteiger partial charge is 0.252 e. The molecule has 1 fully saturated rings. The minimum Gasteiger partial charge on any atom is -0.368 e. The van der Waals surface area contributed by atoms with Crippen LogP contribution < -0.4 is 16.4 Å². The topological polar surface area (TPSA) is 72.3 Å². The number of benzene rings is 1. The van der Waals surface area contributed by atoms with E-state index in [-0.39, 0.29) is 0 Å². The lowest BCUT2D eigenvalue weighted by Crippen LogP contribution is -2.41. The zero-order valence-corrected chi connectivity index (χ0v) is 11.7. The largest absolute Gasteiger partial charge is 0.368 e. The normalized spacial score (nSPS) is 19.5. The Bertz CT molecular complexity index is 462. The van der Waals surface area contributed by atoms with Crippen LogP contribution in [0.15, 0.2) is 18.2 Å². The molecule has 1 aromatic rings. The fourth-order valence-electron chi connectivity index (χ4n) is 2.81. The first kappa shape index (κ1) is 14.2. The predicted octanol–water partition coefficient (Wildman–Crippen LogP) is 2.15. The first-order valence-electron chi connectivity index (χ1n) is 6.70. The van der Waals surface area contributed by atoms with Gasteiger partial charge in [0.15, 0.2) is 0 Å². The van der Waals surface area contributed by atoms with Gasteiger partial charge in [0, 0.05) is 12.6 Å². The number of halogens is 1. The first-order chi connectivity index (χ1) is 9.15. The van der Waals surface area contributed by atoms with E-state index in [0.29, 0.717) is 23.2 Å². The van der Waals surface area contributed by atoms with Crippen molar-refractivity contribution in [1.29, 1.82) is 0 Å². The number of anilines is 1. The van der Waals surface area contributed by atoms with Crippen LogP contribution in [0.1, 0.15) is 36.0 Å². The minimum atomic E-state index is -0.474. The molecule has 2 rings (SSSR count). The Hall–Kier alpha value is -1.26. The summed E-state index contributed by atoms with van der Waals surface area (Å²) in [5, 5.41) is 0.419. The third-order valence-corrected chi connectivity index (χ3v) is 3.99. The fourth-order valence-corrected chi connectivity index (χ4v) is 3.07. The van der Waals surface area contributed by atoms with Gasteiger partial charge in [-0.25, -0.2) is 0 Å². The molecule has 4 nitrogen and oxygen atoms in total. The van der Waals surface area contributed by atoms with Gasteiger partial charge >= 0.3 is 0 Å². The molecule has 5 heteroatoms. The molecule has 1 aliphatic rings. The summed E-state index contributed by atoms with van der Waals surface area (Å²) in [6, 6.07) is 5.85. The monoisotopic (exact) mass is 281 g/mol. The lowest BCUT2D eigenvalue weighted by molar-refractivity contribution is 0.100. The highest BCUT2D eigenvalue weighted by Crippen LogP contribution is 2.32. The van der Waals surface area contributed by atoms with Crippen LogP contribution in [0, 0.1) is 0 Å². The number of hydrogen-bond acceptors (Lipinski definition) is 3. The Kier molecular flexibility index (Phi) is 4.66. The van der Waals surface area contributed by atoms with Gasteiger partial charge in [-0.1, -0.05) is 17.7 Å². The molecule has 4 N–H and O–H groups in total. The van der Waals surface area contributed by atoms with Gasteiger partial charge in [0.25, 0.3) is 5.91 Å². The molecule has 0 bridgehead atoms. The number of carbonyl (C=O) groups excluding carboxylic acids is 1. The summed E-state index contributed by atoms with van der Waals surface area (Å²) in [5.74, 6) is -0.474. The number of nitrogens with zero attached hydrogens (tertiary/aromatic N) is 1. The van der Waals surface area contributed by atoms with Crippen LogP contribution in [0.2, 0.25) is 5.02 Å². The van der Waals surface area contributed by atoms with Crippen LogP contribution in [-0.4, -0.2) is 25.0 Å². The Labute approximate surface area is 118 Å². The molecule has 1 aliphatic heterocycles. The van der Waals surface area contributed by atoms with Crippen molar-refractivity contribution in [2.75, 3.05) is 18.0 Å². The number of rotatable bonds is 4. The average Bonchev–Trinajstić information content (AvgIpc) is 2.39. The summed E-state index contributed by atoms with van der Waals surface area (Å²) >= 11 is 6.12. The average molecular weight is 282 g/mol. The van der Waals surface area contributed by atoms with E-state index in [1.54, 1.807) is 6.07 Å². The standard InChI is InChI=1S/C14H20ClN3O/c15-11-5-3-6-12(13(11)14(17)19)18-9-2-1-4-10(18)7-8-16/h3,5-6,10H,1-2,4,7-9,16H2,(H2,17,19). The van der Waals surface area contributed by atoms with E-state index in [1.165, 1.54) is 6.42 Å². The number of amides is 1. The molecule has 1 heterocycles. The maximum Gasteiger partial charge on any atom is 0.252 e. The van der Waals surface area contributed by atoms with Gasteiger partial charge in [-0.15, -0.1) is 0 Å². The molecule has 1 atom stereocenters. The highest BCUT2D eigenvalue weighted by Gasteiger charge is 2.26. The van der Waals surface area contributed by atoms with Crippen LogP contribution in [0.4, 0.5) is 5.69 Å². The van der Waals surface area contributed by atoms with Gasteiger partial charge < -0.3 is 16.4 Å². The lowest BCUT2D eigenvalue weighted by Gasteiger charge is -2.38. The highest BCUT2D eigenvalue weighted by atomic mass is 35.5. The summed E-state index contributed by atoms with van der Waals surface area (Å²) < 4.78 is 0. The van der Waals surface area contributed by atoms with Crippen LogP contribution in [0.5, 0.6) is 0 Å². The second-order valence-corrected chi connectivity index (χ2v) is 5.33. The summed E-state index contributed by atoms with van der Waals surface area (Å²) in [6.45, 7) is 1.57. The lowest BCUT2D eigenvalue weighted by atomic mass is 9.97. The van der Waals surface area contributed by atoms with Gasteiger partial charge in [0.2, 0.25) is 0 Å². The zero-order chi connectivity index (χ0) is 13.8. The van der Waals surface area contributed by atoms with E-state index < -0.39 is 5.91 Å². The summed E-state index contributed by atoms with van der Waals surface area (Å²) in [7, 11) is 0. The zero-order valence-electron chi connectivity index (χ0n) is 10.9. The van der Waals surface area contributed by atoms with Crippen molar-refractivity contribution in [3.05, 3.63) is 28.8 Å². The third-order valence-electron chi connectivity index (χ3n) is 3.67. The first-order valence-corrected chi connectivity index (χ1v) is 7.08. The minimum absolute atomic E-state index is 0.371. The molecule has 19 heavy (non-hydrogen) atoms. The number of nitrogens with two attached hydrogens (primary N) is 2. The highest BCUT2D eigenvalue weighted by molar-refractivity contribution is 6.34. The van der Waals surface area contributed by atoms with Crippen molar-refractivity contribution >= 4 is 23.2 Å². The maximum atomic E-state index is 11.6. The van der Waals surface area contributed by atoms with E-state index >= 15 is 0 Å². The number of hydrogen-bond donors (Lipinski definition) is 2. The number of carbonyl (C=O) groups is 1. The molecule has 0 saturated carbocycles. The molecule has 1 amide bonds. The quantitative estimate of drug-likeness (QED) is 0.888. The van der Waals surface area contributed by atoms with E-state index in [1.807, 2.05) is 12.1 Å². The Morgan fingerprint density at radius 2 is 2.21 bits per heavy atom. The van der Waals surface area contributed by atoms with Crippen LogP contribution in [-0.2, 0) is 0 Å². The Morgan fingerprint density at radius 1 is 1.42 bits per heavy atom. The van der Waals surface area contributed by atoms with Crippen LogP contribution in [0.25, 0.3) is 0 Å². The molecule has 1 aromatic carbocycles. The van der Waals surface area contributed by atoms with Gasteiger partial charge in [0.05, 0.1) is 16.3 Å². The van der Waals surface area contributed by atoms with E-state index in [0.717, 1.165) is 31.5 Å². The molecule has 0 aliphatic carbocycles. The molecular formula is C14H20ClN3O. The van der Waals surface area contributed by atoms with Gasteiger partial charge in [-0.2, -0.15) is 0 Å². The molecule has 0 aromatic heterocycles. The van der Waals surface area contributed by atoms with E-state index in [2.05, 4.69) is 4.90 Å². The summed E-state index contributed by atoms with van der Waals surface area (Å²) in [4.78, 5) is 13.9. The van der Waals surface area contributed by atoms with E-state index in [4.69, 9.17) is 23.1 Å². The Balaban J connectivity index is 2.38. The van der Waals surface area contributed by atoms with Gasteiger partial charge in [0.1, 0.15) is 0 Å². The molecule has 1 saturated heterocycles. The molecule has 104 valence electrons. The van der Waals surface area contributed by atoms with Crippen LogP contribution in [0.3, 0.4) is 0 Å². The van der Waals surface area contributed by atoms with Crippen LogP contribution >= 0.6 is 11.6 Å². The molecule has 0 spiro atoms. The van der Waals surface area contributed by atoms with Crippen molar-refractivity contribution in [3.8, 4) is 0 Å². The van der Waals surface area contributed by atoms with Crippen molar-refractivity contribution in [3.63, 3.8) is 0 Å². The van der Waals surface area contributed by atoms with Crippen molar-refractivity contribution in [1.82, 2.24) is 0 Å². The van der Waals surface area contributed by atoms with Crippen molar-refractivity contribution in [2.24, 2.45) is 11.5 Å². The molecule has 0 radical (unpaired) electrons. The second-order valence-electron chi connectivity index (χ2n) is 4.92. The van der Waals surface area contributed by atoms with Gasteiger partial charge in [-0.3, -0.25) is 4.79 Å². The maximum absolute atomic E-state index is 11.6. The molecule has 1 unspecified atom stereocenters. The van der Waals surface area contributed by atoms with E-state index in [9.17, 15) is 4.79 Å².